The number of halogens is 1. The van der Waals surface area contributed by atoms with Crippen molar-refractivity contribution in [3.8, 4) is 0 Å². The highest BCUT2D eigenvalue weighted by Gasteiger charge is 2.12. The Balaban J connectivity index is 1.65. The fraction of sp³-hybridized carbons (Fsp3) is 0.0556. The number of amides is 2. The molecule has 120 valence electrons. The van der Waals surface area contributed by atoms with Crippen LogP contribution in [0.5, 0.6) is 0 Å². The third-order valence-corrected chi connectivity index (χ3v) is 3.34. The molecule has 1 heterocycles. The fourth-order valence-corrected chi connectivity index (χ4v) is 2.32. The first-order chi connectivity index (χ1) is 11.6. The average Bonchev–Trinajstić information content (AvgIpc) is 2.55. The molecule has 0 atom stereocenters. The molecule has 6 heteroatoms. The Labute approximate surface area is 137 Å². The van der Waals surface area contributed by atoms with Gasteiger partial charge >= 0.3 is 0 Å². The van der Waals surface area contributed by atoms with Gasteiger partial charge in [-0.25, -0.2) is 4.39 Å². The first-order valence-electron chi connectivity index (χ1n) is 7.31. The van der Waals surface area contributed by atoms with Gasteiger partial charge in [0.25, 0.3) is 0 Å². The van der Waals surface area contributed by atoms with Gasteiger partial charge in [-0.2, -0.15) is 0 Å². The Hall–Kier alpha value is -3.28. The van der Waals surface area contributed by atoms with Crippen LogP contribution in [-0.2, 0) is 9.59 Å². The number of anilines is 2. The summed E-state index contributed by atoms with van der Waals surface area (Å²) in [7, 11) is 0. The summed E-state index contributed by atoms with van der Waals surface area (Å²) in [5, 5.41) is 6.05. The van der Waals surface area contributed by atoms with E-state index in [9.17, 15) is 14.0 Å². The minimum Gasteiger partial charge on any atom is -0.326 e. The molecule has 24 heavy (non-hydrogen) atoms. The monoisotopic (exact) mass is 323 g/mol. The number of nitrogens with zero attached hydrogens (tertiary/aromatic N) is 1. The molecule has 0 radical (unpaired) electrons. The van der Waals surface area contributed by atoms with Crippen LogP contribution in [0.4, 0.5) is 15.8 Å². The Kier molecular flexibility index (Phi) is 4.47. The highest BCUT2D eigenvalue weighted by Crippen LogP contribution is 2.20. The summed E-state index contributed by atoms with van der Waals surface area (Å²) < 4.78 is 13.1. The van der Waals surface area contributed by atoms with Crippen LogP contribution in [0.15, 0.2) is 60.8 Å². The predicted octanol–water partition coefficient (Wildman–Crippen LogP) is 3.34. The van der Waals surface area contributed by atoms with Crippen LogP contribution >= 0.6 is 0 Å². The molecule has 0 aliphatic carbocycles. The Morgan fingerprint density at radius 3 is 2.54 bits per heavy atom. The number of rotatable bonds is 4. The summed E-state index contributed by atoms with van der Waals surface area (Å²) in [6, 6.07) is 14.6. The largest absolute Gasteiger partial charge is 0.326 e. The molecule has 0 saturated heterocycles. The van der Waals surface area contributed by atoms with Crippen LogP contribution in [-0.4, -0.2) is 16.8 Å². The molecule has 0 aliphatic rings. The van der Waals surface area contributed by atoms with Crippen molar-refractivity contribution in [3.05, 3.63) is 66.6 Å². The molecule has 0 unspecified atom stereocenters. The van der Waals surface area contributed by atoms with Gasteiger partial charge in [-0.3, -0.25) is 14.6 Å². The maximum absolute atomic E-state index is 13.1. The Bertz CT molecular complexity index is 906. The lowest BCUT2D eigenvalue weighted by molar-refractivity contribution is -0.123. The second kappa shape index (κ2) is 6.87. The highest BCUT2D eigenvalue weighted by atomic mass is 19.1. The van der Waals surface area contributed by atoms with E-state index < -0.39 is 17.6 Å². The van der Waals surface area contributed by atoms with Gasteiger partial charge < -0.3 is 10.6 Å². The number of benzene rings is 2. The van der Waals surface area contributed by atoms with Crippen LogP contribution in [0.1, 0.15) is 6.42 Å². The van der Waals surface area contributed by atoms with Gasteiger partial charge in [-0.15, -0.1) is 0 Å². The van der Waals surface area contributed by atoms with Crippen LogP contribution in [0, 0.1) is 5.82 Å². The fourth-order valence-electron chi connectivity index (χ4n) is 2.32. The summed E-state index contributed by atoms with van der Waals surface area (Å²) in [6.07, 6.45) is 1.26. The molecule has 1 aromatic heterocycles. The third kappa shape index (κ3) is 3.73. The van der Waals surface area contributed by atoms with Crippen LogP contribution in [0.25, 0.3) is 10.9 Å². The molecule has 2 amide bonds. The van der Waals surface area contributed by atoms with Gasteiger partial charge in [-0.05, 0) is 30.3 Å². The molecule has 2 aromatic carbocycles. The molecule has 0 saturated carbocycles. The van der Waals surface area contributed by atoms with Crippen molar-refractivity contribution >= 4 is 34.1 Å². The second-order valence-corrected chi connectivity index (χ2v) is 5.16. The highest BCUT2D eigenvalue weighted by molar-refractivity contribution is 6.10. The van der Waals surface area contributed by atoms with E-state index in [1.807, 2.05) is 12.1 Å². The van der Waals surface area contributed by atoms with Crippen molar-refractivity contribution in [1.82, 2.24) is 4.98 Å². The molecule has 0 aliphatic heterocycles. The first-order valence-corrected chi connectivity index (χ1v) is 7.31. The SMILES string of the molecule is O=C(CC(=O)Nc1cccc2cccnc12)Nc1cccc(F)c1. The van der Waals surface area contributed by atoms with Crippen molar-refractivity contribution in [2.45, 2.75) is 6.42 Å². The van der Waals surface area contributed by atoms with Crippen molar-refractivity contribution in [3.63, 3.8) is 0 Å². The van der Waals surface area contributed by atoms with Gasteiger partial charge in [0.1, 0.15) is 12.2 Å². The average molecular weight is 323 g/mol. The molecule has 3 rings (SSSR count). The minimum absolute atomic E-state index is 0.305. The van der Waals surface area contributed by atoms with E-state index in [1.54, 1.807) is 30.5 Å². The molecular weight excluding hydrogens is 309 g/mol. The number of nitrogens with one attached hydrogen (secondary N) is 2. The Morgan fingerprint density at radius 2 is 1.71 bits per heavy atom. The zero-order valence-corrected chi connectivity index (χ0v) is 12.6. The number of aromatic nitrogens is 1. The number of pyridine rings is 1. The van der Waals surface area contributed by atoms with E-state index in [-0.39, 0.29) is 6.42 Å². The lowest BCUT2D eigenvalue weighted by Gasteiger charge is -2.08. The number of carbonyl (C=O) groups excluding carboxylic acids is 2. The summed E-state index contributed by atoms with van der Waals surface area (Å²) in [6.45, 7) is 0. The van der Waals surface area contributed by atoms with Crippen molar-refractivity contribution in [2.24, 2.45) is 0 Å². The van der Waals surface area contributed by atoms with Crippen LogP contribution < -0.4 is 10.6 Å². The molecule has 3 aromatic rings. The van der Waals surface area contributed by atoms with E-state index in [0.717, 1.165) is 5.39 Å². The molecule has 0 spiro atoms. The van der Waals surface area contributed by atoms with E-state index in [0.29, 0.717) is 16.9 Å². The van der Waals surface area contributed by atoms with Crippen molar-refractivity contribution in [1.29, 1.82) is 0 Å². The van der Waals surface area contributed by atoms with Crippen molar-refractivity contribution in [2.75, 3.05) is 10.6 Å². The summed E-state index contributed by atoms with van der Waals surface area (Å²) in [5.74, 6) is -1.45. The number of hydrogen-bond donors (Lipinski definition) is 2. The summed E-state index contributed by atoms with van der Waals surface area (Å²) in [5.41, 5.74) is 1.50. The molecule has 5 nitrogen and oxygen atoms in total. The van der Waals surface area contributed by atoms with E-state index >= 15 is 0 Å². The van der Waals surface area contributed by atoms with Crippen LogP contribution in [0.2, 0.25) is 0 Å². The molecule has 0 bridgehead atoms. The van der Waals surface area contributed by atoms with Gasteiger partial charge in [0.05, 0.1) is 11.2 Å². The van der Waals surface area contributed by atoms with E-state index in [1.165, 1.54) is 18.2 Å². The molecule has 2 N–H and O–H groups in total. The second-order valence-electron chi connectivity index (χ2n) is 5.16. The number of fused-ring (bicyclic) bond motifs is 1. The summed E-state index contributed by atoms with van der Waals surface area (Å²) >= 11 is 0. The van der Waals surface area contributed by atoms with E-state index in [4.69, 9.17) is 0 Å². The van der Waals surface area contributed by atoms with Gasteiger partial charge in [0, 0.05) is 17.3 Å². The maximum atomic E-state index is 13.1. The number of carbonyl (C=O) groups is 2. The summed E-state index contributed by atoms with van der Waals surface area (Å²) in [4.78, 5) is 28.2. The van der Waals surface area contributed by atoms with Crippen LogP contribution in [0.3, 0.4) is 0 Å². The predicted molar refractivity (Wildman–Crippen MR) is 90.0 cm³/mol. The topological polar surface area (TPSA) is 71.1 Å². The lowest BCUT2D eigenvalue weighted by Crippen LogP contribution is -2.21. The van der Waals surface area contributed by atoms with Crippen molar-refractivity contribution < 1.29 is 14.0 Å². The number of para-hydroxylation sites is 1. The lowest BCUT2D eigenvalue weighted by atomic mass is 10.2. The minimum atomic E-state index is -0.522. The third-order valence-electron chi connectivity index (χ3n) is 3.34. The normalized spacial score (nSPS) is 10.4. The smallest absolute Gasteiger partial charge is 0.233 e. The quantitative estimate of drug-likeness (QED) is 0.723. The van der Waals surface area contributed by atoms with Gasteiger partial charge in [0.2, 0.25) is 11.8 Å². The Morgan fingerprint density at radius 1 is 0.958 bits per heavy atom. The first kappa shape index (κ1) is 15.6. The van der Waals surface area contributed by atoms with Gasteiger partial charge in [-0.1, -0.05) is 24.3 Å². The maximum Gasteiger partial charge on any atom is 0.233 e. The zero-order valence-electron chi connectivity index (χ0n) is 12.6. The van der Waals surface area contributed by atoms with E-state index in [2.05, 4.69) is 15.6 Å². The van der Waals surface area contributed by atoms with Gasteiger partial charge in [0.15, 0.2) is 0 Å². The number of hydrogen-bond acceptors (Lipinski definition) is 3. The molecule has 0 fully saturated rings. The molecular formula is C18H14FN3O2. The standard InChI is InChI=1S/C18H14FN3O2/c19-13-6-2-7-14(10-13)21-16(23)11-17(24)22-15-8-1-4-12-5-3-9-20-18(12)15/h1-10H,11H2,(H,21,23)(H,22,24). The zero-order chi connectivity index (χ0) is 16.9.